The minimum Gasteiger partial charge on any atom is -0.348 e. The quantitative estimate of drug-likeness (QED) is 0.842. The molecule has 2 rings (SSSR count). The van der Waals surface area contributed by atoms with E-state index >= 15 is 0 Å². The summed E-state index contributed by atoms with van der Waals surface area (Å²) in [7, 11) is 0. The van der Waals surface area contributed by atoms with E-state index in [2.05, 4.69) is 32.6 Å². The van der Waals surface area contributed by atoms with Gasteiger partial charge in [0.2, 0.25) is 0 Å². The second-order valence-corrected chi connectivity index (χ2v) is 5.23. The average molecular weight is 309 g/mol. The van der Waals surface area contributed by atoms with Gasteiger partial charge in [-0.3, -0.25) is 4.79 Å². The van der Waals surface area contributed by atoms with Gasteiger partial charge in [-0.25, -0.2) is 0 Å². The normalized spacial score (nSPS) is 15.1. The van der Waals surface area contributed by atoms with Crippen molar-refractivity contribution in [2.24, 2.45) is 0 Å². The number of halogens is 1. The van der Waals surface area contributed by atoms with Crippen LogP contribution in [0.25, 0.3) is 0 Å². The lowest BCUT2D eigenvalue weighted by Gasteiger charge is -2.15. The maximum atomic E-state index is 12.1. The summed E-state index contributed by atoms with van der Waals surface area (Å²) in [6, 6.07) is 5.72. The van der Waals surface area contributed by atoms with Crippen LogP contribution in [0, 0.1) is 6.92 Å². The van der Waals surface area contributed by atoms with Crippen LogP contribution < -0.4 is 10.6 Å². The first kappa shape index (κ1) is 13.3. The Morgan fingerprint density at radius 1 is 1.50 bits per heavy atom. The van der Waals surface area contributed by atoms with Crippen molar-refractivity contribution < 1.29 is 4.79 Å². The van der Waals surface area contributed by atoms with Crippen LogP contribution in [0.1, 0.15) is 22.3 Å². The van der Waals surface area contributed by atoms with Gasteiger partial charge < -0.3 is 10.6 Å². The number of rotatable bonds is 3. The first-order valence-electron chi connectivity index (χ1n) is 6.10. The summed E-state index contributed by atoms with van der Waals surface area (Å²) in [4.78, 5) is 12.1. The largest absolute Gasteiger partial charge is 0.348 e. The monoisotopic (exact) mass is 308 g/mol. The first-order chi connectivity index (χ1) is 8.68. The standard InChI is InChI=1S/C14H17BrN2O/c1-10-3-2-4-12(13(10)15)14(18)17-9-11-5-7-16-8-6-11/h2-5,16H,6-9H2,1H3,(H,17,18). The van der Waals surface area contributed by atoms with E-state index in [9.17, 15) is 4.79 Å². The number of aryl methyl sites for hydroxylation is 1. The topological polar surface area (TPSA) is 41.1 Å². The molecular formula is C14H17BrN2O. The molecule has 0 saturated carbocycles. The van der Waals surface area contributed by atoms with Crippen LogP contribution in [0.5, 0.6) is 0 Å². The van der Waals surface area contributed by atoms with E-state index in [1.54, 1.807) is 0 Å². The van der Waals surface area contributed by atoms with Crippen molar-refractivity contribution in [1.29, 1.82) is 0 Å². The second-order valence-electron chi connectivity index (χ2n) is 4.44. The zero-order valence-corrected chi connectivity index (χ0v) is 12.0. The molecule has 1 amide bonds. The molecule has 0 aliphatic carbocycles. The molecule has 1 aromatic carbocycles. The maximum absolute atomic E-state index is 12.1. The van der Waals surface area contributed by atoms with Crippen LogP contribution in [0.2, 0.25) is 0 Å². The number of carbonyl (C=O) groups is 1. The highest BCUT2D eigenvalue weighted by Crippen LogP contribution is 2.20. The number of amides is 1. The summed E-state index contributed by atoms with van der Waals surface area (Å²) >= 11 is 3.46. The summed E-state index contributed by atoms with van der Waals surface area (Å²) in [5, 5.41) is 6.23. The molecule has 1 aliphatic rings. The van der Waals surface area contributed by atoms with Gasteiger partial charge in [-0.2, -0.15) is 0 Å². The maximum Gasteiger partial charge on any atom is 0.252 e. The van der Waals surface area contributed by atoms with Crippen LogP contribution in [0.4, 0.5) is 0 Å². The van der Waals surface area contributed by atoms with E-state index in [0.717, 1.165) is 29.5 Å². The van der Waals surface area contributed by atoms with Crippen LogP contribution >= 0.6 is 15.9 Å². The molecule has 0 radical (unpaired) electrons. The molecule has 18 heavy (non-hydrogen) atoms. The summed E-state index contributed by atoms with van der Waals surface area (Å²) in [5.74, 6) is -0.0231. The Morgan fingerprint density at radius 3 is 3.06 bits per heavy atom. The zero-order chi connectivity index (χ0) is 13.0. The van der Waals surface area contributed by atoms with E-state index in [0.29, 0.717) is 12.1 Å². The van der Waals surface area contributed by atoms with Crippen LogP contribution in [0.15, 0.2) is 34.3 Å². The third-order valence-electron chi connectivity index (χ3n) is 3.07. The number of hydrogen-bond donors (Lipinski definition) is 2. The van der Waals surface area contributed by atoms with E-state index in [1.165, 1.54) is 5.57 Å². The summed E-state index contributed by atoms with van der Waals surface area (Å²) < 4.78 is 0.877. The molecular weight excluding hydrogens is 292 g/mol. The Morgan fingerprint density at radius 2 is 2.33 bits per heavy atom. The van der Waals surface area contributed by atoms with E-state index in [4.69, 9.17) is 0 Å². The van der Waals surface area contributed by atoms with E-state index in [1.807, 2.05) is 25.1 Å². The second kappa shape index (κ2) is 6.16. The van der Waals surface area contributed by atoms with Gasteiger partial charge in [0.1, 0.15) is 0 Å². The molecule has 1 heterocycles. The van der Waals surface area contributed by atoms with Crippen molar-refractivity contribution in [3.8, 4) is 0 Å². The van der Waals surface area contributed by atoms with Gasteiger partial charge >= 0.3 is 0 Å². The fourth-order valence-corrected chi connectivity index (χ4v) is 2.39. The van der Waals surface area contributed by atoms with Gasteiger partial charge in [0, 0.05) is 17.6 Å². The third-order valence-corrected chi connectivity index (χ3v) is 4.12. The van der Waals surface area contributed by atoms with Crippen LogP contribution in [-0.4, -0.2) is 25.5 Å². The predicted octanol–water partition coefficient (Wildman–Crippen LogP) is 2.41. The molecule has 3 nitrogen and oxygen atoms in total. The Bertz CT molecular complexity index is 483. The van der Waals surface area contributed by atoms with Gasteiger partial charge in [0.05, 0.1) is 5.56 Å². The van der Waals surface area contributed by atoms with Crippen molar-refractivity contribution in [2.45, 2.75) is 13.3 Å². The predicted molar refractivity (Wildman–Crippen MR) is 76.8 cm³/mol. The van der Waals surface area contributed by atoms with Gasteiger partial charge in [-0.1, -0.05) is 23.8 Å². The third kappa shape index (κ3) is 3.21. The van der Waals surface area contributed by atoms with Gasteiger partial charge in [-0.05, 0) is 47.4 Å². The SMILES string of the molecule is Cc1cccc(C(=O)NCC2=CCNCC2)c1Br. The lowest BCUT2D eigenvalue weighted by molar-refractivity contribution is 0.0955. The fraction of sp³-hybridized carbons (Fsp3) is 0.357. The lowest BCUT2D eigenvalue weighted by Crippen LogP contribution is -2.29. The summed E-state index contributed by atoms with van der Waals surface area (Å²) in [6.45, 7) is 4.52. The lowest BCUT2D eigenvalue weighted by atomic mass is 10.1. The van der Waals surface area contributed by atoms with Gasteiger partial charge in [-0.15, -0.1) is 0 Å². The van der Waals surface area contributed by atoms with Crippen molar-refractivity contribution in [3.63, 3.8) is 0 Å². The molecule has 0 spiro atoms. The van der Waals surface area contributed by atoms with Crippen LogP contribution in [-0.2, 0) is 0 Å². The van der Waals surface area contributed by atoms with Crippen molar-refractivity contribution >= 4 is 21.8 Å². The van der Waals surface area contributed by atoms with Gasteiger partial charge in [0.15, 0.2) is 0 Å². The fourth-order valence-electron chi connectivity index (χ4n) is 1.94. The van der Waals surface area contributed by atoms with Crippen molar-refractivity contribution in [1.82, 2.24) is 10.6 Å². The summed E-state index contributed by atoms with van der Waals surface area (Å²) in [5.41, 5.74) is 3.07. The molecule has 0 bridgehead atoms. The van der Waals surface area contributed by atoms with Crippen LogP contribution in [0.3, 0.4) is 0 Å². The first-order valence-corrected chi connectivity index (χ1v) is 6.89. The van der Waals surface area contributed by atoms with Gasteiger partial charge in [0.25, 0.3) is 5.91 Å². The molecule has 4 heteroatoms. The van der Waals surface area contributed by atoms with Crippen molar-refractivity contribution in [3.05, 3.63) is 45.4 Å². The Balaban J connectivity index is 1.99. The minimum atomic E-state index is -0.0231. The van der Waals surface area contributed by atoms with Crippen molar-refractivity contribution in [2.75, 3.05) is 19.6 Å². The molecule has 2 N–H and O–H groups in total. The highest BCUT2D eigenvalue weighted by atomic mass is 79.9. The Hall–Kier alpha value is -1.13. The average Bonchev–Trinajstić information content (AvgIpc) is 2.40. The number of hydrogen-bond acceptors (Lipinski definition) is 2. The molecule has 0 atom stereocenters. The molecule has 0 saturated heterocycles. The molecule has 0 fully saturated rings. The smallest absolute Gasteiger partial charge is 0.252 e. The minimum absolute atomic E-state index is 0.0231. The number of carbonyl (C=O) groups excluding carboxylic acids is 1. The van der Waals surface area contributed by atoms with E-state index in [-0.39, 0.29) is 5.91 Å². The number of benzene rings is 1. The molecule has 0 unspecified atom stereocenters. The molecule has 96 valence electrons. The molecule has 0 aromatic heterocycles. The zero-order valence-electron chi connectivity index (χ0n) is 10.4. The summed E-state index contributed by atoms with van der Waals surface area (Å²) in [6.07, 6.45) is 3.16. The molecule has 1 aromatic rings. The van der Waals surface area contributed by atoms with E-state index < -0.39 is 0 Å². The highest BCUT2D eigenvalue weighted by Gasteiger charge is 2.11. The molecule has 1 aliphatic heterocycles. The highest BCUT2D eigenvalue weighted by molar-refractivity contribution is 9.10. The Labute approximate surface area is 116 Å². The number of nitrogens with one attached hydrogen (secondary N) is 2. The Kier molecular flexibility index (Phi) is 4.55.